The van der Waals surface area contributed by atoms with Crippen LogP contribution < -0.4 is 0 Å². The van der Waals surface area contributed by atoms with E-state index in [2.05, 4.69) is 115 Å². The van der Waals surface area contributed by atoms with Crippen LogP contribution in [0.25, 0.3) is 78.7 Å². The second-order valence-electron chi connectivity index (χ2n) is 14.7. The van der Waals surface area contributed by atoms with Gasteiger partial charge in [-0.05, 0) is 80.6 Å². The summed E-state index contributed by atoms with van der Waals surface area (Å²) in [5.41, 5.74) is 16.2. The van der Waals surface area contributed by atoms with Crippen LogP contribution in [0.3, 0.4) is 0 Å². The maximum atomic E-state index is 4.94. The normalized spacial score (nSPS) is 14.1. The van der Waals surface area contributed by atoms with Crippen molar-refractivity contribution in [2.24, 2.45) is 0 Å². The van der Waals surface area contributed by atoms with Crippen LogP contribution >= 0.6 is 0 Å². The minimum absolute atomic E-state index is 0.170. The lowest BCUT2D eigenvalue weighted by molar-refractivity contribution is 0.353. The van der Waals surface area contributed by atoms with Crippen molar-refractivity contribution in [3.63, 3.8) is 0 Å². The molecule has 2 aliphatic rings. The molecule has 10 rings (SSSR count). The van der Waals surface area contributed by atoms with Gasteiger partial charge in [-0.15, -0.1) is 0 Å². The van der Waals surface area contributed by atoms with Crippen LogP contribution in [0.5, 0.6) is 0 Å². The van der Waals surface area contributed by atoms with Crippen molar-refractivity contribution in [1.82, 2.24) is 15.0 Å². The summed E-state index contributed by atoms with van der Waals surface area (Å²) >= 11 is 0. The maximum Gasteiger partial charge on any atom is 0.164 e. The van der Waals surface area contributed by atoms with Gasteiger partial charge >= 0.3 is 0 Å². The predicted molar refractivity (Wildman–Crippen MR) is 222 cm³/mol. The maximum absolute atomic E-state index is 4.94. The first-order valence-corrected chi connectivity index (χ1v) is 19.1. The number of nitrogens with zero attached hydrogens (tertiary/aromatic N) is 3. The molecule has 2 aliphatic carbocycles. The Hall–Kier alpha value is -6.45. The van der Waals surface area contributed by atoms with Crippen LogP contribution in [0.1, 0.15) is 43.2 Å². The highest BCUT2D eigenvalue weighted by molar-refractivity contribution is 5.84. The zero-order valence-corrected chi connectivity index (χ0v) is 30.1. The Morgan fingerprint density at radius 1 is 0.296 bits per heavy atom. The van der Waals surface area contributed by atoms with Gasteiger partial charge in [-0.1, -0.05) is 183 Å². The van der Waals surface area contributed by atoms with E-state index in [9.17, 15) is 0 Å². The van der Waals surface area contributed by atoms with Crippen molar-refractivity contribution in [2.45, 2.75) is 37.5 Å². The van der Waals surface area contributed by atoms with Gasteiger partial charge in [0, 0.05) is 22.1 Å². The van der Waals surface area contributed by atoms with E-state index in [0.29, 0.717) is 17.5 Å². The topological polar surface area (TPSA) is 38.7 Å². The van der Waals surface area contributed by atoms with Crippen molar-refractivity contribution in [1.29, 1.82) is 0 Å². The van der Waals surface area contributed by atoms with E-state index < -0.39 is 0 Å². The average Bonchev–Trinajstić information content (AvgIpc) is 3.52. The third-order valence-corrected chi connectivity index (χ3v) is 11.6. The Labute approximate surface area is 317 Å². The largest absolute Gasteiger partial charge is 0.208 e. The average molecular weight is 694 g/mol. The molecule has 0 saturated heterocycles. The summed E-state index contributed by atoms with van der Waals surface area (Å²) in [7, 11) is 0. The fourth-order valence-corrected chi connectivity index (χ4v) is 8.81. The Balaban J connectivity index is 0.923. The molecule has 3 heteroatoms. The van der Waals surface area contributed by atoms with Crippen LogP contribution in [0.2, 0.25) is 0 Å². The first-order chi connectivity index (χ1) is 26.7. The minimum Gasteiger partial charge on any atom is -0.208 e. The molecule has 0 aliphatic heterocycles. The molecular formula is C51H39N3. The molecule has 0 amide bonds. The van der Waals surface area contributed by atoms with Crippen molar-refractivity contribution in [3.8, 4) is 78.7 Å². The SMILES string of the molecule is c1ccc(-c2nc(-c3ccccc3)nc(-c3cccc(-c4ccc(-c5ccc(-c6ccc7c(c6)C6(CCCCC6)c6ccccc6-7)cc5)cc4)c3)n2)cc1. The third kappa shape index (κ3) is 5.74. The number of fused-ring (bicyclic) bond motifs is 5. The van der Waals surface area contributed by atoms with Crippen LogP contribution in [-0.2, 0) is 5.41 Å². The highest BCUT2D eigenvalue weighted by atomic mass is 15.0. The second-order valence-corrected chi connectivity index (χ2v) is 14.7. The molecule has 8 aromatic rings. The number of rotatable bonds is 6. The lowest BCUT2D eigenvalue weighted by Gasteiger charge is -2.36. The Bertz CT molecular complexity index is 2550. The molecule has 1 heterocycles. The molecule has 1 fully saturated rings. The molecular weight excluding hydrogens is 655 g/mol. The van der Waals surface area contributed by atoms with Crippen LogP contribution in [0.15, 0.2) is 176 Å². The fourth-order valence-electron chi connectivity index (χ4n) is 8.81. The molecule has 0 atom stereocenters. The Morgan fingerprint density at radius 3 is 1.31 bits per heavy atom. The van der Waals surface area contributed by atoms with Gasteiger partial charge in [-0.25, -0.2) is 15.0 Å². The van der Waals surface area contributed by atoms with E-state index in [1.807, 2.05) is 60.7 Å². The summed E-state index contributed by atoms with van der Waals surface area (Å²) < 4.78 is 0. The Kier molecular flexibility index (Phi) is 8.06. The zero-order valence-electron chi connectivity index (χ0n) is 30.1. The number of hydrogen-bond acceptors (Lipinski definition) is 3. The Morgan fingerprint density at radius 2 is 0.722 bits per heavy atom. The molecule has 7 aromatic carbocycles. The highest BCUT2D eigenvalue weighted by Crippen LogP contribution is 2.56. The number of benzene rings is 7. The van der Waals surface area contributed by atoms with Crippen LogP contribution in [0, 0.1) is 0 Å². The monoisotopic (exact) mass is 693 g/mol. The molecule has 258 valence electrons. The van der Waals surface area contributed by atoms with Crippen molar-refractivity contribution in [3.05, 3.63) is 187 Å². The van der Waals surface area contributed by atoms with Crippen molar-refractivity contribution >= 4 is 0 Å². The van der Waals surface area contributed by atoms with Crippen LogP contribution in [0.4, 0.5) is 0 Å². The molecule has 1 saturated carbocycles. The predicted octanol–water partition coefficient (Wildman–Crippen LogP) is 13.1. The lowest BCUT2D eigenvalue weighted by atomic mass is 9.67. The van der Waals surface area contributed by atoms with Gasteiger partial charge in [0.25, 0.3) is 0 Å². The van der Waals surface area contributed by atoms with Gasteiger partial charge in [0.2, 0.25) is 0 Å². The minimum atomic E-state index is 0.170. The third-order valence-electron chi connectivity index (χ3n) is 11.6. The van der Waals surface area contributed by atoms with Gasteiger partial charge < -0.3 is 0 Å². The van der Waals surface area contributed by atoms with Gasteiger partial charge in [0.1, 0.15) is 0 Å². The van der Waals surface area contributed by atoms with E-state index in [1.54, 1.807) is 5.56 Å². The molecule has 3 nitrogen and oxygen atoms in total. The van der Waals surface area contributed by atoms with E-state index in [4.69, 9.17) is 15.0 Å². The number of hydrogen-bond donors (Lipinski definition) is 0. The summed E-state index contributed by atoms with van der Waals surface area (Å²) in [4.78, 5) is 14.7. The first-order valence-electron chi connectivity index (χ1n) is 19.1. The van der Waals surface area contributed by atoms with E-state index in [1.165, 1.54) is 71.0 Å². The molecule has 0 unspecified atom stereocenters. The van der Waals surface area contributed by atoms with E-state index in [-0.39, 0.29) is 5.41 Å². The van der Waals surface area contributed by atoms with Gasteiger partial charge in [0.05, 0.1) is 0 Å². The highest BCUT2D eigenvalue weighted by Gasteiger charge is 2.43. The fraction of sp³-hybridized carbons (Fsp3) is 0.118. The van der Waals surface area contributed by atoms with Gasteiger partial charge in [-0.2, -0.15) is 0 Å². The first kappa shape index (κ1) is 32.2. The molecule has 0 N–H and O–H groups in total. The second kappa shape index (κ2) is 13.5. The lowest BCUT2D eigenvalue weighted by Crippen LogP contribution is -2.28. The molecule has 54 heavy (non-hydrogen) atoms. The van der Waals surface area contributed by atoms with Crippen LogP contribution in [-0.4, -0.2) is 15.0 Å². The van der Waals surface area contributed by atoms with E-state index in [0.717, 1.165) is 27.8 Å². The molecule has 0 bridgehead atoms. The van der Waals surface area contributed by atoms with Crippen molar-refractivity contribution in [2.75, 3.05) is 0 Å². The van der Waals surface area contributed by atoms with E-state index >= 15 is 0 Å². The standard InChI is InChI=1S/C51H39N3/c1-4-13-39(14-5-1)48-52-49(40-15-6-2-7-16-40)54-50(53-48)43-18-12-17-41(33-43)37-25-21-35(22-26-37)36-23-27-38(28-24-36)42-29-30-45-44-19-8-9-20-46(44)51(47(45)34-42)31-10-3-11-32-51/h1-2,4-9,12-30,33-34H,3,10-11,31-32H2. The quantitative estimate of drug-likeness (QED) is 0.174. The zero-order chi connectivity index (χ0) is 35.9. The summed E-state index contributed by atoms with van der Waals surface area (Å²) in [6.07, 6.45) is 6.46. The van der Waals surface area contributed by atoms with Gasteiger partial charge in [0.15, 0.2) is 17.5 Å². The number of aromatic nitrogens is 3. The summed E-state index contributed by atoms with van der Waals surface area (Å²) in [5, 5.41) is 0. The molecule has 0 radical (unpaired) electrons. The molecule has 1 spiro atoms. The van der Waals surface area contributed by atoms with Crippen molar-refractivity contribution < 1.29 is 0 Å². The smallest absolute Gasteiger partial charge is 0.164 e. The molecule has 1 aromatic heterocycles. The van der Waals surface area contributed by atoms with Gasteiger partial charge in [-0.3, -0.25) is 0 Å². The summed E-state index contributed by atoms with van der Waals surface area (Å²) in [5.74, 6) is 1.98. The summed E-state index contributed by atoms with van der Waals surface area (Å²) in [6, 6.07) is 63.0. The summed E-state index contributed by atoms with van der Waals surface area (Å²) in [6.45, 7) is 0.